The first-order chi connectivity index (χ1) is 18.7. The molecular formula is C27H23Cl2N7O3. The Balaban J connectivity index is 1.46. The highest BCUT2D eigenvalue weighted by Gasteiger charge is 2.35. The molecule has 3 heterocycles. The van der Waals surface area contributed by atoms with Crippen LogP contribution in [0.4, 0.5) is 0 Å². The van der Waals surface area contributed by atoms with Gasteiger partial charge in [0.2, 0.25) is 5.91 Å². The lowest BCUT2D eigenvalue weighted by Crippen LogP contribution is -2.27. The first kappa shape index (κ1) is 26.3. The molecule has 2 aromatic heterocycles. The van der Waals surface area contributed by atoms with Crippen molar-refractivity contribution < 1.29 is 14.7 Å². The van der Waals surface area contributed by atoms with Gasteiger partial charge in [0.25, 0.3) is 0 Å². The molecule has 0 bridgehead atoms. The highest BCUT2D eigenvalue weighted by molar-refractivity contribution is 6.32. The lowest BCUT2D eigenvalue weighted by atomic mass is 10.0. The first-order valence-electron chi connectivity index (χ1n) is 12.0. The molecule has 198 valence electrons. The van der Waals surface area contributed by atoms with E-state index in [1.807, 2.05) is 12.1 Å². The molecule has 1 aliphatic heterocycles. The maximum absolute atomic E-state index is 12.8. The molecule has 0 aliphatic carbocycles. The Labute approximate surface area is 233 Å². The number of imidazole rings is 1. The van der Waals surface area contributed by atoms with Crippen LogP contribution in [0.2, 0.25) is 10.2 Å². The fourth-order valence-electron chi connectivity index (χ4n) is 4.80. The number of carbonyl (C=O) groups excluding carboxylic acids is 1. The number of halogens is 2. The number of carboxylic acid groups (broad SMARTS) is 1. The number of aromatic nitrogens is 6. The zero-order chi connectivity index (χ0) is 27.7. The largest absolute Gasteiger partial charge is 0.481 e. The summed E-state index contributed by atoms with van der Waals surface area (Å²) >= 11 is 12.8. The lowest BCUT2D eigenvalue weighted by molar-refractivity contribution is -0.136. The molecule has 0 unspecified atom stereocenters. The molecule has 1 atom stereocenters. The number of hydrogen-bond acceptors (Lipinski definition) is 6. The number of carbonyl (C=O) groups is 2. The number of nitrogens with one attached hydrogen (secondary N) is 1. The van der Waals surface area contributed by atoms with Gasteiger partial charge in [0.15, 0.2) is 5.15 Å². The second-order valence-corrected chi connectivity index (χ2v) is 9.87. The topological polar surface area (TPSA) is 130 Å². The van der Waals surface area contributed by atoms with Gasteiger partial charge in [0.05, 0.1) is 23.8 Å². The highest BCUT2D eigenvalue weighted by Crippen LogP contribution is 2.41. The number of aromatic amines is 1. The van der Waals surface area contributed by atoms with E-state index >= 15 is 0 Å². The van der Waals surface area contributed by atoms with Crippen LogP contribution in [0.5, 0.6) is 0 Å². The molecule has 12 heteroatoms. The summed E-state index contributed by atoms with van der Waals surface area (Å²) in [6.45, 7) is 5.74. The number of H-pyrrole nitrogens is 1. The standard InChI is InChI=1S/C27H23Cl2N7O3/c1-15(21-13-19(28)6-8-22(21)35-14-30-33-34-35)10-20-7-9-23(36(20)16(2)37)27-31-25(26(29)32-27)18-5-3-4-17(11-18)12-24(38)39/h3-6,8,10-11,13-14,23H,1,7,9,12H2,2H3,(H,31,32)(H,38,39)/b20-10-/t23-/m0/s1. The van der Waals surface area contributed by atoms with Crippen molar-refractivity contribution in [1.29, 1.82) is 0 Å². The molecule has 5 rings (SSSR count). The number of likely N-dealkylation sites (tertiary alicyclic amines) is 1. The fourth-order valence-corrected chi connectivity index (χ4v) is 5.22. The van der Waals surface area contributed by atoms with Gasteiger partial charge >= 0.3 is 5.97 Å². The number of carboxylic acids is 1. The quantitative estimate of drug-likeness (QED) is 0.313. The van der Waals surface area contributed by atoms with Gasteiger partial charge in [-0.3, -0.25) is 9.59 Å². The summed E-state index contributed by atoms with van der Waals surface area (Å²) in [5.74, 6) is -0.531. The Bertz CT molecular complexity index is 1610. The van der Waals surface area contributed by atoms with E-state index < -0.39 is 5.97 Å². The third kappa shape index (κ3) is 5.47. The van der Waals surface area contributed by atoms with E-state index in [0.29, 0.717) is 51.8 Å². The van der Waals surface area contributed by atoms with Crippen LogP contribution in [0, 0.1) is 0 Å². The minimum Gasteiger partial charge on any atom is -0.481 e. The average Bonchev–Trinajstić information content (AvgIpc) is 3.64. The zero-order valence-electron chi connectivity index (χ0n) is 20.8. The Hall–Kier alpha value is -4.28. The second-order valence-electron chi connectivity index (χ2n) is 9.08. The number of tetrazole rings is 1. The third-order valence-electron chi connectivity index (χ3n) is 6.44. The molecule has 1 aliphatic rings. The van der Waals surface area contributed by atoms with Crippen LogP contribution >= 0.6 is 23.2 Å². The molecule has 1 saturated heterocycles. The Morgan fingerprint density at radius 2 is 2.05 bits per heavy atom. The SMILES string of the molecule is C=C(/C=C1/CC[C@@H](c2nc(Cl)c(-c3cccc(CC(=O)O)c3)[nH]2)N1C(C)=O)c1cc(Cl)ccc1-n1cnnn1. The van der Waals surface area contributed by atoms with Crippen molar-refractivity contribution in [3.63, 3.8) is 0 Å². The zero-order valence-corrected chi connectivity index (χ0v) is 22.3. The Kier molecular flexibility index (Phi) is 7.32. The average molecular weight is 564 g/mol. The summed E-state index contributed by atoms with van der Waals surface area (Å²) in [6, 6.07) is 12.1. The van der Waals surface area contributed by atoms with Gasteiger partial charge in [-0.25, -0.2) is 4.98 Å². The second kappa shape index (κ2) is 10.8. The number of nitrogens with zero attached hydrogens (tertiary/aromatic N) is 6. The number of amides is 1. The van der Waals surface area contributed by atoms with Crippen LogP contribution in [0.25, 0.3) is 22.5 Å². The predicted molar refractivity (Wildman–Crippen MR) is 146 cm³/mol. The van der Waals surface area contributed by atoms with Crippen LogP contribution in [0.1, 0.15) is 42.8 Å². The van der Waals surface area contributed by atoms with E-state index in [0.717, 1.165) is 11.3 Å². The van der Waals surface area contributed by atoms with Gasteiger partial charge in [-0.2, -0.15) is 4.68 Å². The van der Waals surface area contributed by atoms with Gasteiger partial charge in [-0.1, -0.05) is 48.0 Å². The monoisotopic (exact) mass is 563 g/mol. The van der Waals surface area contributed by atoms with Crippen LogP contribution in [0.3, 0.4) is 0 Å². The maximum Gasteiger partial charge on any atom is 0.307 e. The first-order valence-corrected chi connectivity index (χ1v) is 12.8. The van der Waals surface area contributed by atoms with E-state index in [-0.39, 0.29) is 23.5 Å². The smallest absolute Gasteiger partial charge is 0.307 e. The molecular weight excluding hydrogens is 541 g/mol. The number of rotatable bonds is 7. The molecule has 10 nitrogen and oxygen atoms in total. The molecule has 2 N–H and O–H groups in total. The molecule has 0 spiro atoms. The van der Waals surface area contributed by atoms with Gasteiger partial charge < -0.3 is 15.0 Å². The van der Waals surface area contributed by atoms with Crippen LogP contribution < -0.4 is 0 Å². The molecule has 2 aromatic carbocycles. The van der Waals surface area contributed by atoms with E-state index in [9.17, 15) is 9.59 Å². The summed E-state index contributed by atoms with van der Waals surface area (Å²) in [7, 11) is 0. The van der Waals surface area contributed by atoms with Crippen LogP contribution in [-0.4, -0.2) is 52.1 Å². The van der Waals surface area contributed by atoms with E-state index in [1.165, 1.54) is 17.9 Å². The molecule has 0 radical (unpaired) electrons. The third-order valence-corrected chi connectivity index (χ3v) is 6.95. The van der Waals surface area contributed by atoms with Crippen molar-refractivity contribution in [1.82, 2.24) is 35.1 Å². The molecule has 0 saturated carbocycles. The number of hydrogen-bond donors (Lipinski definition) is 2. The van der Waals surface area contributed by atoms with Crippen molar-refractivity contribution in [2.45, 2.75) is 32.2 Å². The fraction of sp³-hybridized carbons (Fsp3) is 0.185. The van der Waals surface area contributed by atoms with Crippen LogP contribution in [0.15, 0.2) is 67.1 Å². The normalized spacial score (nSPS) is 16.1. The Morgan fingerprint density at radius 1 is 1.23 bits per heavy atom. The van der Waals surface area contributed by atoms with Crippen molar-refractivity contribution in [3.05, 3.63) is 94.3 Å². The van der Waals surface area contributed by atoms with Gasteiger partial charge in [-0.15, -0.1) is 5.10 Å². The summed E-state index contributed by atoms with van der Waals surface area (Å²) < 4.78 is 1.52. The summed E-state index contributed by atoms with van der Waals surface area (Å²) in [4.78, 5) is 33.5. The minimum absolute atomic E-state index is 0.104. The van der Waals surface area contributed by atoms with E-state index in [1.54, 1.807) is 41.3 Å². The van der Waals surface area contributed by atoms with Gasteiger partial charge in [0, 0.05) is 28.8 Å². The highest BCUT2D eigenvalue weighted by atomic mass is 35.5. The van der Waals surface area contributed by atoms with Crippen molar-refractivity contribution in [2.75, 3.05) is 0 Å². The lowest BCUT2D eigenvalue weighted by Gasteiger charge is -2.23. The molecule has 1 amide bonds. The predicted octanol–water partition coefficient (Wildman–Crippen LogP) is 5.27. The van der Waals surface area contributed by atoms with Gasteiger partial charge in [0.1, 0.15) is 12.2 Å². The summed E-state index contributed by atoms with van der Waals surface area (Å²) in [5, 5.41) is 21.3. The summed E-state index contributed by atoms with van der Waals surface area (Å²) in [6.07, 6.45) is 4.47. The van der Waals surface area contributed by atoms with E-state index in [4.69, 9.17) is 28.3 Å². The number of allylic oxidation sites excluding steroid dienone is 3. The van der Waals surface area contributed by atoms with Crippen molar-refractivity contribution in [3.8, 4) is 16.9 Å². The van der Waals surface area contributed by atoms with Gasteiger partial charge in [-0.05, 0) is 64.7 Å². The minimum atomic E-state index is -0.921. The Morgan fingerprint density at radius 3 is 2.77 bits per heavy atom. The van der Waals surface area contributed by atoms with E-state index in [2.05, 4.69) is 32.1 Å². The van der Waals surface area contributed by atoms with Crippen molar-refractivity contribution in [2.24, 2.45) is 0 Å². The number of benzene rings is 2. The maximum atomic E-state index is 12.8. The summed E-state index contributed by atoms with van der Waals surface area (Å²) in [5.41, 5.74) is 4.75. The molecule has 39 heavy (non-hydrogen) atoms. The molecule has 4 aromatic rings. The van der Waals surface area contributed by atoms with Crippen molar-refractivity contribution >= 4 is 40.7 Å². The molecule has 1 fully saturated rings. The number of aliphatic carboxylic acids is 1. The van der Waals surface area contributed by atoms with Crippen LogP contribution in [-0.2, 0) is 16.0 Å².